The maximum absolute atomic E-state index is 14.4. The number of ether oxygens (including phenoxy) is 2. The molecule has 1 spiro atoms. The van der Waals surface area contributed by atoms with Crippen LogP contribution in [-0.2, 0) is 26.2 Å². The highest BCUT2D eigenvalue weighted by molar-refractivity contribution is 7.16. The average molecular weight is 660 g/mol. The predicted octanol–water partition coefficient (Wildman–Crippen LogP) is 2.61. The quantitative estimate of drug-likeness (QED) is 0.239. The van der Waals surface area contributed by atoms with Crippen molar-refractivity contribution in [3.05, 3.63) is 45.2 Å². The maximum Gasteiger partial charge on any atom is 0.267 e. The molecule has 0 bridgehead atoms. The lowest BCUT2D eigenvalue weighted by molar-refractivity contribution is -0.127. The molecule has 2 saturated heterocycles. The molecule has 2 aromatic heterocycles. The van der Waals surface area contributed by atoms with E-state index in [-0.39, 0.29) is 40.7 Å². The third kappa shape index (κ3) is 6.35. The summed E-state index contributed by atoms with van der Waals surface area (Å²) in [5, 5.41) is 13.3. The van der Waals surface area contributed by atoms with Crippen molar-refractivity contribution in [3.8, 4) is 11.9 Å². The van der Waals surface area contributed by atoms with E-state index >= 15 is 0 Å². The van der Waals surface area contributed by atoms with E-state index in [1.165, 1.54) is 23.6 Å². The first-order valence-corrected chi connectivity index (χ1v) is 16.8. The third-order valence-corrected chi connectivity index (χ3v) is 10.8. The number of likely N-dealkylation sites (N-methyl/N-ethyl adjacent to an activating group) is 1. The lowest BCUT2D eigenvalue weighted by atomic mass is 9.61. The highest BCUT2D eigenvalue weighted by atomic mass is 32.1. The van der Waals surface area contributed by atoms with E-state index in [4.69, 9.17) is 26.7 Å². The second kappa shape index (κ2) is 13.1. The van der Waals surface area contributed by atoms with Gasteiger partial charge < -0.3 is 36.9 Å². The molecule has 2 atom stereocenters. The second-order valence-electron chi connectivity index (χ2n) is 13.1. The highest BCUT2D eigenvalue weighted by Crippen LogP contribution is 2.52. The Kier molecular flexibility index (Phi) is 9.06. The van der Waals surface area contributed by atoms with Gasteiger partial charge in [-0.05, 0) is 83.5 Å². The Labute approximate surface area is 277 Å². The molecule has 4 heterocycles. The summed E-state index contributed by atoms with van der Waals surface area (Å²) >= 11 is 1.41. The standard InChI is InChI=1S/C33H41N9O4S/c1-32(17-45-18-32)41-31(44)22(35)9-12-38-24-14-25(46-16-19-6-5-13-42(19)2)40-30(39-24)27(36)20-7-3-10-33(28(20)43)11-4-8-23-26(33)21(15-34)29(37)47-23/h9,12,14,19H,3-8,10-11,13,16-18,35-37H2,1-2H3,(H,41,44)/b22-9-,27-20-,38-12+/t19-,33-/m0/s1. The number of nitrogens with zero attached hydrogens (tertiary/aromatic N) is 5. The number of Topliss-reactive ketones (excluding diaryl/α,β-unsaturated/α-hetero) is 1. The number of carbonyl (C=O) groups excluding carboxylic acids is 2. The number of ketones is 1. The molecule has 2 aromatic rings. The number of hydrogen-bond donors (Lipinski definition) is 4. The molecular formula is C33H41N9O4S. The summed E-state index contributed by atoms with van der Waals surface area (Å²) in [6, 6.07) is 4.09. The molecule has 1 amide bonds. The molecule has 2 aliphatic heterocycles. The van der Waals surface area contributed by atoms with Crippen LogP contribution in [0.25, 0.3) is 5.70 Å². The van der Waals surface area contributed by atoms with E-state index in [1.807, 2.05) is 6.92 Å². The number of likely N-dealkylation sites (tertiary alicyclic amines) is 1. The molecule has 3 fully saturated rings. The van der Waals surface area contributed by atoms with Gasteiger partial charge in [-0.3, -0.25) is 9.59 Å². The number of allylic oxidation sites excluding steroid dienone is 2. The van der Waals surface area contributed by atoms with Crippen molar-refractivity contribution in [3.63, 3.8) is 0 Å². The van der Waals surface area contributed by atoms with Crippen LogP contribution in [0.2, 0.25) is 0 Å². The van der Waals surface area contributed by atoms with Crippen LogP contribution >= 0.6 is 11.3 Å². The van der Waals surface area contributed by atoms with Crippen molar-refractivity contribution in [1.29, 1.82) is 5.26 Å². The lowest BCUT2D eigenvalue weighted by Crippen LogP contribution is -2.60. The summed E-state index contributed by atoms with van der Waals surface area (Å²) in [6.07, 6.45) is 8.94. The number of anilines is 1. The smallest absolute Gasteiger partial charge is 0.267 e. The highest BCUT2D eigenvalue weighted by Gasteiger charge is 2.49. The number of aromatic nitrogens is 2. The van der Waals surface area contributed by atoms with E-state index in [2.05, 4.69) is 38.3 Å². The Morgan fingerprint density at radius 2 is 2.04 bits per heavy atom. The average Bonchev–Trinajstić information content (AvgIpc) is 3.61. The van der Waals surface area contributed by atoms with Gasteiger partial charge in [0.25, 0.3) is 5.91 Å². The summed E-state index contributed by atoms with van der Waals surface area (Å²) in [5.74, 6) is 0.105. The number of aryl methyl sites for hydroxylation is 1. The number of rotatable bonds is 8. The van der Waals surface area contributed by atoms with E-state index in [0.29, 0.717) is 61.6 Å². The fourth-order valence-corrected chi connectivity index (χ4v) is 8.22. The van der Waals surface area contributed by atoms with Crippen LogP contribution in [0.3, 0.4) is 0 Å². The number of carbonyl (C=O) groups is 2. The van der Waals surface area contributed by atoms with Gasteiger partial charge in [0, 0.05) is 28.8 Å². The number of fused-ring (bicyclic) bond motifs is 2. The van der Waals surface area contributed by atoms with Crippen molar-refractivity contribution >= 4 is 45.8 Å². The minimum Gasteiger partial charge on any atom is -0.476 e. The van der Waals surface area contributed by atoms with Gasteiger partial charge in [-0.1, -0.05) is 0 Å². The number of nitrogen functional groups attached to an aromatic ring is 1. The summed E-state index contributed by atoms with van der Waals surface area (Å²) in [4.78, 5) is 43.8. The predicted molar refractivity (Wildman–Crippen MR) is 179 cm³/mol. The van der Waals surface area contributed by atoms with Crippen LogP contribution in [-0.4, -0.2) is 77.8 Å². The molecule has 0 unspecified atom stereocenters. The van der Waals surface area contributed by atoms with Gasteiger partial charge in [0.15, 0.2) is 17.4 Å². The first kappa shape index (κ1) is 32.6. The van der Waals surface area contributed by atoms with Gasteiger partial charge in [-0.25, -0.2) is 9.98 Å². The zero-order valence-corrected chi connectivity index (χ0v) is 27.6. The Morgan fingerprint density at radius 3 is 2.72 bits per heavy atom. The second-order valence-corrected chi connectivity index (χ2v) is 14.3. The zero-order chi connectivity index (χ0) is 33.3. The summed E-state index contributed by atoms with van der Waals surface area (Å²) in [7, 11) is 2.07. The summed E-state index contributed by atoms with van der Waals surface area (Å²) < 4.78 is 11.3. The lowest BCUT2D eigenvalue weighted by Gasteiger charge is -2.40. The van der Waals surface area contributed by atoms with Crippen LogP contribution in [0.15, 0.2) is 28.4 Å². The number of hydrogen-bond acceptors (Lipinski definition) is 13. The SMILES string of the molecule is CN1CCC[C@H]1COc1cc(/N=C/C=C(\N)C(=O)NC2(C)COC2)nc(/C(N)=C2\CCC[C@@]3(CCCc4sc(N)c(C#N)c43)C2=O)n1. The zero-order valence-electron chi connectivity index (χ0n) is 26.8. The van der Waals surface area contributed by atoms with E-state index in [0.717, 1.165) is 42.7 Å². The Bertz CT molecular complexity index is 1720. The molecule has 6 rings (SSSR count). The topological polar surface area (TPSA) is 208 Å². The molecule has 47 heavy (non-hydrogen) atoms. The van der Waals surface area contributed by atoms with Crippen LogP contribution in [0.4, 0.5) is 10.8 Å². The van der Waals surface area contributed by atoms with Crippen molar-refractivity contribution in [2.24, 2.45) is 16.5 Å². The molecule has 248 valence electrons. The molecule has 0 radical (unpaired) electrons. The first-order valence-electron chi connectivity index (χ1n) is 16.0. The molecule has 4 aliphatic rings. The Morgan fingerprint density at radius 1 is 1.28 bits per heavy atom. The van der Waals surface area contributed by atoms with Crippen LogP contribution in [0.1, 0.15) is 73.7 Å². The van der Waals surface area contributed by atoms with Crippen LogP contribution < -0.4 is 27.3 Å². The van der Waals surface area contributed by atoms with Gasteiger partial charge in [0.1, 0.15) is 17.7 Å². The van der Waals surface area contributed by atoms with Crippen LogP contribution in [0, 0.1) is 11.3 Å². The number of nitrogens with one attached hydrogen (secondary N) is 1. The largest absolute Gasteiger partial charge is 0.476 e. The summed E-state index contributed by atoms with van der Waals surface area (Å²) in [6.45, 7) is 4.15. The van der Waals surface area contributed by atoms with Crippen LogP contribution in [0.5, 0.6) is 5.88 Å². The molecular weight excluding hydrogens is 618 g/mol. The number of nitrogens with two attached hydrogens (primary N) is 3. The minimum absolute atomic E-state index is 0.0192. The molecule has 0 aromatic carbocycles. The normalized spacial score (nSPS) is 25.3. The number of aliphatic imine (C=N–C) groups is 1. The van der Waals surface area contributed by atoms with Gasteiger partial charge in [-0.2, -0.15) is 10.2 Å². The number of nitriles is 1. The fraction of sp³-hybridized carbons (Fsp3) is 0.515. The molecule has 14 heteroatoms. The molecule has 13 nitrogen and oxygen atoms in total. The van der Waals surface area contributed by atoms with Gasteiger partial charge in [0.2, 0.25) is 5.88 Å². The van der Waals surface area contributed by atoms with E-state index in [9.17, 15) is 14.9 Å². The monoisotopic (exact) mass is 659 g/mol. The molecule has 1 saturated carbocycles. The molecule has 7 N–H and O–H groups in total. The van der Waals surface area contributed by atoms with E-state index in [1.54, 1.807) is 6.07 Å². The Balaban J connectivity index is 1.32. The van der Waals surface area contributed by atoms with Gasteiger partial charge in [-0.15, -0.1) is 11.3 Å². The Hall–Kier alpha value is -4.32. The molecule has 2 aliphatic carbocycles. The van der Waals surface area contributed by atoms with Crippen molar-refractivity contribution < 1.29 is 19.1 Å². The van der Waals surface area contributed by atoms with Gasteiger partial charge in [0.05, 0.1) is 41.1 Å². The third-order valence-electron chi connectivity index (χ3n) is 9.68. The fourth-order valence-electron chi connectivity index (χ4n) is 7.06. The van der Waals surface area contributed by atoms with Crippen molar-refractivity contribution in [1.82, 2.24) is 20.2 Å². The first-order chi connectivity index (χ1) is 22.5. The van der Waals surface area contributed by atoms with E-state index < -0.39 is 16.9 Å². The summed E-state index contributed by atoms with van der Waals surface area (Å²) in [5.41, 5.74) is 19.5. The van der Waals surface area contributed by atoms with Crippen molar-refractivity contribution in [2.45, 2.75) is 75.3 Å². The van der Waals surface area contributed by atoms with Gasteiger partial charge >= 0.3 is 0 Å². The minimum atomic E-state index is -0.849. The maximum atomic E-state index is 14.4. The number of thiophene rings is 1. The number of amides is 1. The van der Waals surface area contributed by atoms with Crippen molar-refractivity contribution in [2.75, 3.05) is 39.1 Å².